The summed E-state index contributed by atoms with van der Waals surface area (Å²) in [4.78, 5) is 0. The quantitative estimate of drug-likeness (QED) is 0.805. The van der Waals surface area contributed by atoms with Crippen LogP contribution in [-0.2, 0) is 6.42 Å². The monoisotopic (exact) mass is 219 g/mol. The summed E-state index contributed by atoms with van der Waals surface area (Å²) in [6, 6.07) is 6.42. The van der Waals surface area contributed by atoms with Crippen molar-refractivity contribution in [2.45, 2.75) is 44.7 Å². The van der Waals surface area contributed by atoms with Gasteiger partial charge in [-0.15, -0.1) is 0 Å². The van der Waals surface area contributed by atoms with Crippen LogP contribution in [0.2, 0.25) is 0 Å². The van der Waals surface area contributed by atoms with Crippen LogP contribution in [0.4, 0.5) is 4.39 Å². The molecule has 3 unspecified atom stereocenters. The highest BCUT2D eigenvalue weighted by atomic mass is 19.1. The largest absolute Gasteiger partial charge is 0.307 e. The van der Waals surface area contributed by atoms with E-state index in [9.17, 15) is 4.39 Å². The van der Waals surface area contributed by atoms with Gasteiger partial charge in [0.2, 0.25) is 0 Å². The van der Waals surface area contributed by atoms with Crippen molar-refractivity contribution >= 4 is 0 Å². The summed E-state index contributed by atoms with van der Waals surface area (Å²) in [6.45, 7) is 2.28. The zero-order valence-corrected chi connectivity index (χ0v) is 9.67. The van der Waals surface area contributed by atoms with Crippen molar-refractivity contribution in [3.05, 3.63) is 35.1 Å². The maximum Gasteiger partial charge on any atom is 0.123 e. The van der Waals surface area contributed by atoms with Crippen LogP contribution in [0, 0.1) is 11.7 Å². The van der Waals surface area contributed by atoms with Gasteiger partial charge in [0, 0.05) is 12.1 Å². The number of benzene rings is 1. The Labute approximate surface area is 96.1 Å². The van der Waals surface area contributed by atoms with E-state index in [4.69, 9.17) is 0 Å². The van der Waals surface area contributed by atoms with Crippen molar-refractivity contribution in [3.8, 4) is 0 Å². The summed E-state index contributed by atoms with van der Waals surface area (Å²) in [7, 11) is 0. The van der Waals surface area contributed by atoms with E-state index in [0.29, 0.717) is 12.1 Å². The van der Waals surface area contributed by atoms with Crippen LogP contribution in [0.15, 0.2) is 18.2 Å². The summed E-state index contributed by atoms with van der Waals surface area (Å²) in [5.74, 6) is 0.727. The van der Waals surface area contributed by atoms with Gasteiger partial charge < -0.3 is 5.32 Å². The number of fused-ring (bicyclic) bond motifs is 1. The first-order chi connectivity index (χ1) is 7.74. The van der Waals surface area contributed by atoms with E-state index in [0.717, 1.165) is 12.3 Å². The fourth-order valence-electron chi connectivity index (χ4n) is 2.77. The normalized spacial score (nSPS) is 32.2. The Morgan fingerprint density at radius 3 is 2.94 bits per heavy atom. The van der Waals surface area contributed by atoms with Crippen LogP contribution in [0.3, 0.4) is 0 Å². The summed E-state index contributed by atoms with van der Waals surface area (Å²) >= 11 is 0. The first kappa shape index (κ1) is 10.3. The van der Waals surface area contributed by atoms with Gasteiger partial charge in [0.15, 0.2) is 0 Å². The molecular formula is C14H18FN. The molecule has 3 atom stereocenters. The first-order valence-electron chi connectivity index (χ1n) is 6.28. The van der Waals surface area contributed by atoms with Crippen molar-refractivity contribution in [3.63, 3.8) is 0 Å². The molecule has 1 fully saturated rings. The Hall–Kier alpha value is -0.890. The zero-order chi connectivity index (χ0) is 11.1. The molecule has 1 saturated carbocycles. The molecule has 1 nitrogen and oxygen atoms in total. The lowest BCUT2D eigenvalue weighted by atomic mass is 9.87. The lowest BCUT2D eigenvalue weighted by molar-refractivity contribution is 0.447. The number of aryl methyl sites for hydroxylation is 1. The first-order valence-corrected chi connectivity index (χ1v) is 6.28. The molecule has 0 bridgehead atoms. The lowest BCUT2D eigenvalue weighted by Crippen LogP contribution is -2.27. The molecule has 1 aromatic carbocycles. The standard InChI is InChI=1S/C14H18FN/c1-9-7-14(9)16-13-4-2-3-10-8-11(15)5-6-12(10)13/h5-6,8-9,13-14,16H,2-4,7H2,1H3. The number of halogens is 1. The van der Waals surface area contributed by atoms with Gasteiger partial charge in [0.25, 0.3) is 0 Å². The van der Waals surface area contributed by atoms with E-state index in [1.807, 2.05) is 6.07 Å². The predicted molar refractivity (Wildman–Crippen MR) is 62.8 cm³/mol. The molecule has 0 spiro atoms. The second-order valence-corrected chi connectivity index (χ2v) is 5.27. The summed E-state index contributed by atoms with van der Waals surface area (Å²) in [5.41, 5.74) is 2.53. The molecule has 2 heteroatoms. The molecule has 0 radical (unpaired) electrons. The predicted octanol–water partition coefficient (Wildman–Crippen LogP) is 3.20. The third-order valence-corrected chi connectivity index (χ3v) is 3.94. The van der Waals surface area contributed by atoms with E-state index in [1.54, 1.807) is 12.1 Å². The molecule has 0 aliphatic heterocycles. The van der Waals surface area contributed by atoms with E-state index in [-0.39, 0.29) is 5.82 Å². The topological polar surface area (TPSA) is 12.0 Å². The van der Waals surface area contributed by atoms with Gasteiger partial charge in [0.05, 0.1) is 0 Å². The third-order valence-electron chi connectivity index (χ3n) is 3.94. The molecule has 2 aliphatic rings. The molecule has 1 N–H and O–H groups in total. The van der Waals surface area contributed by atoms with Gasteiger partial charge in [-0.1, -0.05) is 13.0 Å². The maximum atomic E-state index is 13.1. The molecule has 3 rings (SSSR count). The second-order valence-electron chi connectivity index (χ2n) is 5.27. The summed E-state index contributed by atoms with van der Waals surface area (Å²) in [6.07, 6.45) is 4.70. The number of hydrogen-bond donors (Lipinski definition) is 1. The second kappa shape index (κ2) is 3.85. The lowest BCUT2D eigenvalue weighted by Gasteiger charge is -2.26. The van der Waals surface area contributed by atoms with Crippen molar-refractivity contribution in [2.75, 3.05) is 0 Å². The Morgan fingerprint density at radius 1 is 1.38 bits per heavy atom. The average Bonchev–Trinajstić information content (AvgIpc) is 2.94. The molecule has 0 saturated heterocycles. The molecule has 16 heavy (non-hydrogen) atoms. The minimum absolute atomic E-state index is 0.0980. The van der Waals surface area contributed by atoms with Crippen LogP contribution >= 0.6 is 0 Å². The minimum Gasteiger partial charge on any atom is -0.307 e. The van der Waals surface area contributed by atoms with Gasteiger partial charge >= 0.3 is 0 Å². The number of nitrogens with one attached hydrogen (secondary N) is 1. The average molecular weight is 219 g/mol. The van der Waals surface area contributed by atoms with Gasteiger partial charge in [-0.05, 0) is 54.9 Å². The highest BCUT2D eigenvalue weighted by molar-refractivity contribution is 5.33. The Kier molecular flexibility index (Phi) is 2.47. The Balaban J connectivity index is 1.82. The number of hydrogen-bond acceptors (Lipinski definition) is 1. The molecule has 0 amide bonds. The molecular weight excluding hydrogens is 201 g/mol. The van der Waals surface area contributed by atoms with Crippen LogP contribution in [-0.4, -0.2) is 6.04 Å². The number of rotatable bonds is 2. The molecule has 1 aromatic rings. The van der Waals surface area contributed by atoms with Crippen molar-refractivity contribution in [2.24, 2.45) is 5.92 Å². The zero-order valence-electron chi connectivity index (χ0n) is 9.67. The SMILES string of the molecule is CC1CC1NC1CCCc2cc(F)ccc21. The van der Waals surface area contributed by atoms with Gasteiger partial charge in [-0.3, -0.25) is 0 Å². The van der Waals surface area contributed by atoms with Gasteiger partial charge in [0.1, 0.15) is 5.82 Å². The third kappa shape index (κ3) is 1.86. The van der Waals surface area contributed by atoms with Gasteiger partial charge in [-0.25, -0.2) is 4.39 Å². The van der Waals surface area contributed by atoms with E-state index < -0.39 is 0 Å². The van der Waals surface area contributed by atoms with E-state index in [2.05, 4.69) is 12.2 Å². The smallest absolute Gasteiger partial charge is 0.123 e. The van der Waals surface area contributed by atoms with Crippen molar-refractivity contribution in [1.82, 2.24) is 5.32 Å². The fourth-order valence-corrected chi connectivity index (χ4v) is 2.77. The maximum absolute atomic E-state index is 13.1. The molecule has 86 valence electrons. The van der Waals surface area contributed by atoms with Crippen molar-refractivity contribution < 1.29 is 4.39 Å². The highest BCUT2D eigenvalue weighted by Gasteiger charge is 2.35. The van der Waals surface area contributed by atoms with E-state index in [1.165, 1.54) is 30.4 Å². The van der Waals surface area contributed by atoms with Crippen LogP contribution in [0.5, 0.6) is 0 Å². The van der Waals surface area contributed by atoms with Gasteiger partial charge in [-0.2, -0.15) is 0 Å². The Morgan fingerprint density at radius 2 is 2.19 bits per heavy atom. The van der Waals surface area contributed by atoms with Crippen molar-refractivity contribution in [1.29, 1.82) is 0 Å². The highest BCUT2D eigenvalue weighted by Crippen LogP contribution is 2.36. The van der Waals surface area contributed by atoms with Crippen LogP contribution in [0.1, 0.15) is 43.4 Å². The minimum atomic E-state index is -0.0980. The van der Waals surface area contributed by atoms with Crippen LogP contribution < -0.4 is 5.32 Å². The van der Waals surface area contributed by atoms with E-state index >= 15 is 0 Å². The molecule has 0 aromatic heterocycles. The summed E-state index contributed by atoms with van der Waals surface area (Å²) < 4.78 is 13.1. The van der Waals surface area contributed by atoms with Crippen LogP contribution in [0.25, 0.3) is 0 Å². The fraction of sp³-hybridized carbons (Fsp3) is 0.571. The Bertz CT molecular complexity index is 402. The molecule has 0 heterocycles. The molecule has 2 aliphatic carbocycles. The summed E-state index contributed by atoms with van der Waals surface area (Å²) in [5, 5.41) is 3.70.